The Morgan fingerprint density at radius 1 is 1.53 bits per heavy atom. The van der Waals surface area contributed by atoms with Crippen LogP contribution in [-0.4, -0.2) is 25.5 Å². The summed E-state index contributed by atoms with van der Waals surface area (Å²) in [4.78, 5) is 11.2. The van der Waals surface area contributed by atoms with Gasteiger partial charge in [-0.3, -0.25) is 4.79 Å². The van der Waals surface area contributed by atoms with Crippen LogP contribution in [0.3, 0.4) is 0 Å². The molecule has 0 bridgehead atoms. The molecule has 0 spiro atoms. The molecule has 4 nitrogen and oxygen atoms in total. The Kier molecular flexibility index (Phi) is 5.18. The van der Waals surface area contributed by atoms with Crippen molar-refractivity contribution in [3.63, 3.8) is 0 Å². The predicted octanol–water partition coefficient (Wildman–Crippen LogP) is 2.21. The van der Waals surface area contributed by atoms with Crippen LogP contribution in [0.1, 0.15) is 29.8 Å². The fraction of sp³-hybridized carbons (Fsp3) is 0.385. The van der Waals surface area contributed by atoms with Gasteiger partial charge < -0.3 is 10.1 Å². The van der Waals surface area contributed by atoms with Gasteiger partial charge >= 0.3 is 0 Å². The smallest absolute Gasteiger partial charge is 0.159 e. The molecule has 0 amide bonds. The van der Waals surface area contributed by atoms with Gasteiger partial charge in [-0.05, 0) is 32.0 Å². The van der Waals surface area contributed by atoms with E-state index in [0.717, 1.165) is 0 Å². The molecule has 17 heavy (non-hydrogen) atoms. The van der Waals surface area contributed by atoms with Crippen LogP contribution in [0.2, 0.25) is 0 Å². The van der Waals surface area contributed by atoms with Crippen LogP contribution in [-0.2, 0) is 4.74 Å². The lowest BCUT2D eigenvalue weighted by Gasteiger charge is -2.09. The van der Waals surface area contributed by atoms with Gasteiger partial charge in [-0.2, -0.15) is 5.26 Å². The Hall–Kier alpha value is -1.86. The van der Waals surface area contributed by atoms with Crippen LogP contribution in [0.5, 0.6) is 0 Å². The van der Waals surface area contributed by atoms with Crippen LogP contribution < -0.4 is 5.32 Å². The van der Waals surface area contributed by atoms with Gasteiger partial charge in [0, 0.05) is 18.7 Å². The molecule has 1 aromatic rings. The van der Waals surface area contributed by atoms with Crippen molar-refractivity contribution in [2.75, 3.05) is 25.1 Å². The highest BCUT2D eigenvalue weighted by Crippen LogP contribution is 2.17. The second-order valence-electron chi connectivity index (χ2n) is 3.55. The molecular formula is C13H16N2O2. The van der Waals surface area contributed by atoms with Gasteiger partial charge in [-0.1, -0.05) is 0 Å². The molecule has 0 saturated heterocycles. The number of ketones is 1. The van der Waals surface area contributed by atoms with Gasteiger partial charge in [0.05, 0.1) is 17.9 Å². The molecule has 4 heteroatoms. The molecule has 1 aromatic carbocycles. The van der Waals surface area contributed by atoms with E-state index in [2.05, 4.69) is 11.4 Å². The number of benzene rings is 1. The van der Waals surface area contributed by atoms with E-state index in [1.54, 1.807) is 18.2 Å². The number of anilines is 1. The topological polar surface area (TPSA) is 62.1 Å². The molecule has 0 unspecified atom stereocenters. The second-order valence-corrected chi connectivity index (χ2v) is 3.55. The van der Waals surface area contributed by atoms with Gasteiger partial charge in [0.2, 0.25) is 0 Å². The summed E-state index contributed by atoms with van der Waals surface area (Å²) in [6.07, 6.45) is 0. The van der Waals surface area contributed by atoms with Crippen molar-refractivity contribution in [3.8, 4) is 6.07 Å². The van der Waals surface area contributed by atoms with Crippen LogP contribution in [0.25, 0.3) is 0 Å². The molecule has 1 rings (SSSR count). The van der Waals surface area contributed by atoms with Gasteiger partial charge in [0.15, 0.2) is 5.78 Å². The molecule has 0 aromatic heterocycles. The SMILES string of the molecule is CCOCCNc1cc(C(C)=O)ccc1C#N. The minimum absolute atomic E-state index is 0.0117. The summed E-state index contributed by atoms with van der Waals surface area (Å²) in [7, 11) is 0. The molecule has 0 radical (unpaired) electrons. The highest BCUT2D eigenvalue weighted by Gasteiger charge is 2.05. The summed E-state index contributed by atoms with van der Waals surface area (Å²) in [6.45, 7) is 5.29. The number of carbonyl (C=O) groups is 1. The van der Waals surface area contributed by atoms with E-state index < -0.39 is 0 Å². The largest absolute Gasteiger partial charge is 0.382 e. The monoisotopic (exact) mass is 232 g/mol. The van der Waals surface area contributed by atoms with Crippen molar-refractivity contribution >= 4 is 11.5 Å². The van der Waals surface area contributed by atoms with E-state index in [0.29, 0.717) is 36.6 Å². The molecule has 0 aliphatic carbocycles. The number of ether oxygens (including phenoxy) is 1. The Morgan fingerprint density at radius 2 is 2.29 bits per heavy atom. The van der Waals surface area contributed by atoms with E-state index in [1.165, 1.54) is 6.92 Å². The zero-order valence-electron chi connectivity index (χ0n) is 10.1. The van der Waals surface area contributed by atoms with Gasteiger partial charge in [-0.15, -0.1) is 0 Å². The zero-order chi connectivity index (χ0) is 12.7. The number of hydrogen-bond acceptors (Lipinski definition) is 4. The van der Waals surface area contributed by atoms with Crippen molar-refractivity contribution in [1.82, 2.24) is 0 Å². The van der Waals surface area contributed by atoms with Crippen molar-refractivity contribution in [2.24, 2.45) is 0 Å². The third-order valence-electron chi connectivity index (χ3n) is 2.31. The summed E-state index contributed by atoms with van der Waals surface area (Å²) in [6, 6.07) is 7.10. The number of nitriles is 1. The summed E-state index contributed by atoms with van der Waals surface area (Å²) in [5.41, 5.74) is 1.81. The van der Waals surface area contributed by atoms with Gasteiger partial charge in [0.25, 0.3) is 0 Å². The first-order valence-corrected chi connectivity index (χ1v) is 5.55. The first-order valence-electron chi connectivity index (χ1n) is 5.55. The molecular weight excluding hydrogens is 216 g/mol. The number of carbonyl (C=O) groups excluding carboxylic acids is 1. The maximum atomic E-state index is 11.2. The number of rotatable bonds is 6. The Labute approximate surface area is 101 Å². The molecule has 0 fully saturated rings. The number of hydrogen-bond donors (Lipinski definition) is 1. The highest BCUT2D eigenvalue weighted by atomic mass is 16.5. The quantitative estimate of drug-likeness (QED) is 0.603. The lowest BCUT2D eigenvalue weighted by molar-refractivity contribution is 0.101. The van der Waals surface area contributed by atoms with Crippen LogP contribution in [0, 0.1) is 11.3 Å². The second kappa shape index (κ2) is 6.66. The summed E-state index contributed by atoms with van der Waals surface area (Å²) in [5.74, 6) is -0.0117. The minimum Gasteiger partial charge on any atom is -0.382 e. The number of nitrogens with zero attached hydrogens (tertiary/aromatic N) is 1. The normalized spacial score (nSPS) is 9.71. The van der Waals surface area contributed by atoms with Crippen LogP contribution >= 0.6 is 0 Å². The number of Topliss-reactive ketones (excluding diaryl/α,β-unsaturated/α-hetero) is 1. The predicted molar refractivity (Wildman–Crippen MR) is 66.1 cm³/mol. The average molecular weight is 232 g/mol. The Bertz CT molecular complexity index is 436. The third kappa shape index (κ3) is 3.89. The third-order valence-corrected chi connectivity index (χ3v) is 2.31. The average Bonchev–Trinajstić information content (AvgIpc) is 2.34. The van der Waals surface area contributed by atoms with Crippen LogP contribution in [0.15, 0.2) is 18.2 Å². The molecule has 0 heterocycles. The highest BCUT2D eigenvalue weighted by molar-refractivity contribution is 5.95. The molecule has 0 saturated carbocycles. The van der Waals surface area contributed by atoms with Crippen molar-refractivity contribution in [3.05, 3.63) is 29.3 Å². The lowest BCUT2D eigenvalue weighted by Crippen LogP contribution is -2.10. The summed E-state index contributed by atoms with van der Waals surface area (Å²) < 4.78 is 5.19. The zero-order valence-corrected chi connectivity index (χ0v) is 10.1. The summed E-state index contributed by atoms with van der Waals surface area (Å²) in [5, 5.41) is 12.0. The van der Waals surface area contributed by atoms with Crippen LogP contribution in [0.4, 0.5) is 5.69 Å². The van der Waals surface area contributed by atoms with E-state index in [-0.39, 0.29) is 5.78 Å². The standard InChI is InChI=1S/C13H16N2O2/c1-3-17-7-6-15-13-8-11(10(2)16)4-5-12(13)9-14/h4-5,8,15H,3,6-7H2,1-2H3. The first kappa shape index (κ1) is 13.2. The molecule has 90 valence electrons. The fourth-order valence-electron chi connectivity index (χ4n) is 1.41. The maximum Gasteiger partial charge on any atom is 0.159 e. The maximum absolute atomic E-state index is 11.2. The molecule has 0 atom stereocenters. The summed E-state index contributed by atoms with van der Waals surface area (Å²) >= 11 is 0. The van der Waals surface area contributed by atoms with E-state index in [4.69, 9.17) is 10.00 Å². The first-order chi connectivity index (χ1) is 8.19. The minimum atomic E-state index is -0.0117. The van der Waals surface area contributed by atoms with E-state index in [1.807, 2.05) is 6.92 Å². The van der Waals surface area contributed by atoms with Crippen molar-refractivity contribution in [1.29, 1.82) is 5.26 Å². The molecule has 1 N–H and O–H groups in total. The molecule has 0 aliphatic rings. The number of nitrogens with one attached hydrogen (secondary N) is 1. The van der Waals surface area contributed by atoms with Crippen molar-refractivity contribution in [2.45, 2.75) is 13.8 Å². The van der Waals surface area contributed by atoms with E-state index >= 15 is 0 Å². The van der Waals surface area contributed by atoms with Gasteiger partial charge in [0.1, 0.15) is 6.07 Å². The Morgan fingerprint density at radius 3 is 2.88 bits per heavy atom. The molecule has 0 aliphatic heterocycles. The fourth-order valence-corrected chi connectivity index (χ4v) is 1.41. The van der Waals surface area contributed by atoms with Crippen molar-refractivity contribution < 1.29 is 9.53 Å². The lowest BCUT2D eigenvalue weighted by atomic mass is 10.1. The van der Waals surface area contributed by atoms with E-state index in [9.17, 15) is 4.79 Å². The van der Waals surface area contributed by atoms with Gasteiger partial charge in [-0.25, -0.2) is 0 Å². The Balaban J connectivity index is 2.77.